The van der Waals surface area contributed by atoms with E-state index in [1.807, 2.05) is 30.3 Å². The van der Waals surface area contributed by atoms with Crippen LogP contribution in [-0.4, -0.2) is 43.8 Å². The average Bonchev–Trinajstić information content (AvgIpc) is 2.68. The van der Waals surface area contributed by atoms with Crippen LogP contribution in [0, 0.1) is 0 Å². The molecule has 1 aromatic carbocycles. The summed E-state index contributed by atoms with van der Waals surface area (Å²) in [6, 6.07) is 10.9. The molecule has 25 heavy (non-hydrogen) atoms. The van der Waals surface area contributed by atoms with Gasteiger partial charge in [0.15, 0.2) is 0 Å². The van der Waals surface area contributed by atoms with E-state index in [9.17, 15) is 4.79 Å². The van der Waals surface area contributed by atoms with Gasteiger partial charge in [-0.25, -0.2) is 4.98 Å². The van der Waals surface area contributed by atoms with Gasteiger partial charge in [-0.05, 0) is 35.9 Å². The number of hydrogen-bond donors (Lipinski definition) is 2. The molecule has 0 unspecified atom stereocenters. The second-order valence-electron chi connectivity index (χ2n) is 5.56. The zero-order chi connectivity index (χ0) is 17.5. The van der Waals surface area contributed by atoms with E-state index in [1.54, 1.807) is 19.4 Å². The van der Waals surface area contributed by atoms with Gasteiger partial charge in [-0.1, -0.05) is 0 Å². The van der Waals surface area contributed by atoms with Crippen LogP contribution in [0.5, 0.6) is 17.4 Å². The largest absolute Gasteiger partial charge is 0.497 e. The van der Waals surface area contributed by atoms with Gasteiger partial charge >= 0.3 is 0 Å². The molecule has 0 bridgehead atoms. The fourth-order valence-electron chi connectivity index (χ4n) is 2.42. The summed E-state index contributed by atoms with van der Waals surface area (Å²) in [4.78, 5) is 16.3. The van der Waals surface area contributed by atoms with Gasteiger partial charge in [-0.15, -0.1) is 0 Å². The molecule has 1 amide bonds. The summed E-state index contributed by atoms with van der Waals surface area (Å²) in [6.45, 7) is 2.25. The van der Waals surface area contributed by atoms with Gasteiger partial charge in [-0.2, -0.15) is 0 Å². The highest BCUT2D eigenvalue weighted by Gasteiger charge is 2.21. The van der Waals surface area contributed by atoms with Crippen molar-refractivity contribution in [1.82, 2.24) is 15.6 Å². The van der Waals surface area contributed by atoms with Gasteiger partial charge < -0.3 is 24.8 Å². The number of methoxy groups -OCH3 is 1. The fraction of sp³-hybridized carbons (Fsp3) is 0.333. The van der Waals surface area contributed by atoms with Crippen LogP contribution in [0.1, 0.15) is 5.56 Å². The van der Waals surface area contributed by atoms with E-state index < -0.39 is 6.10 Å². The highest BCUT2D eigenvalue weighted by molar-refractivity contribution is 5.81. The molecule has 0 aliphatic carbocycles. The van der Waals surface area contributed by atoms with Crippen molar-refractivity contribution in [2.75, 3.05) is 26.8 Å². The molecule has 7 nitrogen and oxygen atoms in total. The molecule has 1 aliphatic rings. The minimum atomic E-state index is -0.439. The summed E-state index contributed by atoms with van der Waals surface area (Å²) >= 11 is 0. The zero-order valence-electron chi connectivity index (χ0n) is 14.0. The summed E-state index contributed by atoms with van der Waals surface area (Å²) in [6.07, 6.45) is 1.21. The van der Waals surface area contributed by atoms with Gasteiger partial charge in [0.2, 0.25) is 5.88 Å². The Balaban J connectivity index is 1.56. The molecule has 1 aromatic heterocycles. The van der Waals surface area contributed by atoms with E-state index >= 15 is 0 Å². The van der Waals surface area contributed by atoms with Gasteiger partial charge in [0.05, 0.1) is 13.7 Å². The standard InChI is InChI=1S/C18H21N3O4/c1-23-14-2-4-15(5-3-14)25-17-10-13(6-7-20-17)11-21-18(22)16-12-19-8-9-24-16/h2-7,10,16,19H,8-9,11-12H2,1H3,(H,21,22)/t16-/m1/s1. The summed E-state index contributed by atoms with van der Waals surface area (Å²) in [7, 11) is 1.61. The van der Waals surface area contributed by atoms with E-state index in [1.165, 1.54) is 0 Å². The monoisotopic (exact) mass is 343 g/mol. The highest BCUT2D eigenvalue weighted by atomic mass is 16.5. The smallest absolute Gasteiger partial charge is 0.250 e. The van der Waals surface area contributed by atoms with Crippen molar-refractivity contribution in [3.63, 3.8) is 0 Å². The third kappa shape index (κ3) is 4.91. The average molecular weight is 343 g/mol. The number of ether oxygens (including phenoxy) is 3. The van der Waals surface area contributed by atoms with Crippen LogP contribution < -0.4 is 20.1 Å². The molecule has 3 rings (SSSR count). The van der Waals surface area contributed by atoms with Gasteiger partial charge in [-0.3, -0.25) is 4.79 Å². The minimum Gasteiger partial charge on any atom is -0.497 e. The lowest BCUT2D eigenvalue weighted by Crippen LogP contribution is -2.47. The molecule has 7 heteroatoms. The Morgan fingerprint density at radius 3 is 2.84 bits per heavy atom. The molecule has 0 saturated carbocycles. The number of benzene rings is 1. The van der Waals surface area contributed by atoms with E-state index in [-0.39, 0.29) is 5.91 Å². The van der Waals surface area contributed by atoms with Crippen molar-refractivity contribution in [2.45, 2.75) is 12.6 Å². The first-order valence-corrected chi connectivity index (χ1v) is 8.11. The van der Waals surface area contributed by atoms with Crippen LogP contribution >= 0.6 is 0 Å². The quantitative estimate of drug-likeness (QED) is 0.827. The number of morpholine rings is 1. The third-order valence-corrected chi connectivity index (χ3v) is 3.77. The molecule has 2 N–H and O–H groups in total. The first kappa shape index (κ1) is 17.2. The van der Waals surface area contributed by atoms with Crippen molar-refractivity contribution in [1.29, 1.82) is 0 Å². The van der Waals surface area contributed by atoms with E-state index in [0.29, 0.717) is 31.3 Å². The molecule has 1 aliphatic heterocycles. The van der Waals surface area contributed by atoms with Crippen molar-refractivity contribution in [3.05, 3.63) is 48.2 Å². The number of rotatable bonds is 6. The number of aromatic nitrogens is 1. The van der Waals surface area contributed by atoms with E-state index in [2.05, 4.69) is 15.6 Å². The summed E-state index contributed by atoms with van der Waals surface area (Å²) in [5.74, 6) is 1.77. The Labute approximate surface area is 146 Å². The molecule has 2 aromatic rings. The van der Waals surface area contributed by atoms with Gasteiger partial charge in [0, 0.05) is 31.9 Å². The summed E-state index contributed by atoms with van der Waals surface area (Å²) in [5, 5.41) is 6.00. The van der Waals surface area contributed by atoms with Crippen LogP contribution in [0.2, 0.25) is 0 Å². The first-order valence-electron chi connectivity index (χ1n) is 8.11. The summed E-state index contributed by atoms with van der Waals surface area (Å²) in [5.41, 5.74) is 0.899. The predicted molar refractivity (Wildman–Crippen MR) is 91.8 cm³/mol. The molecule has 1 fully saturated rings. The number of amides is 1. The number of carbonyl (C=O) groups is 1. The predicted octanol–water partition coefficient (Wildman–Crippen LogP) is 1.49. The number of hydrogen-bond acceptors (Lipinski definition) is 6. The highest BCUT2D eigenvalue weighted by Crippen LogP contribution is 2.22. The topological polar surface area (TPSA) is 81.7 Å². The molecule has 0 radical (unpaired) electrons. The molecule has 1 atom stereocenters. The van der Waals surface area contributed by atoms with Crippen LogP contribution in [0.3, 0.4) is 0 Å². The van der Waals surface area contributed by atoms with E-state index in [0.717, 1.165) is 17.9 Å². The third-order valence-electron chi connectivity index (χ3n) is 3.77. The van der Waals surface area contributed by atoms with Crippen molar-refractivity contribution < 1.29 is 19.0 Å². The molecule has 1 saturated heterocycles. The lowest BCUT2D eigenvalue weighted by Gasteiger charge is -2.22. The SMILES string of the molecule is COc1ccc(Oc2cc(CNC(=O)[C@H]3CNCCO3)ccn2)cc1. The number of nitrogens with one attached hydrogen (secondary N) is 2. The number of nitrogens with zero attached hydrogens (tertiary/aromatic N) is 1. The second kappa shape index (κ2) is 8.46. The molecule has 2 heterocycles. The molecule has 0 spiro atoms. The maximum absolute atomic E-state index is 12.1. The molecule has 132 valence electrons. The minimum absolute atomic E-state index is 0.123. The van der Waals surface area contributed by atoms with Crippen LogP contribution in [0.25, 0.3) is 0 Å². The number of pyridine rings is 1. The van der Waals surface area contributed by atoms with Crippen LogP contribution in [0.15, 0.2) is 42.6 Å². The Morgan fingerprint density at radius 2 is 2.12 bits per heavy atom. The van der Waals surface area contributed by atoms with Gasteiger partial charge in [0.25, 0.3) is 5.91 Å². The van der Waals surface area contributed by atoms with Crippen LogP contribution in [-0.2, 0) is 16.1 Å². The van der Waals surface area contributed by atoms with Crippen LogP contribution in [0.4, 0.5) is 0 Å². The normalized spacial score (nSPS) is 16.9. The zero-order valence-corrected chi connectivity index (χ0v) is 14.0. The van der Waals surface area contributed by atoms with Crippen molar-refractivity contribution >= 4 is 5.91 Å². The number of carbonyl (C=O) groups excluding carboxylic acids is 1. The Hall–Kier alpha value is -2.64. The lowest BCUT2D eigenvalue weighted by molar-refractivity contribution is -0.134. The first-order chi connectivity index (χ1) is 12.2. The second-order valence-corrected chi connectivity index (χ2v) is 5.56. The Kier molecular flexibility index (Phi) is 5.81. The summed E-state index contributed by atoms with van der Waals surface area (Å²) < 4.78 is 16.3. The van der Waals surface area contributed by atoms with Gasteiger partial charge in [0.1, 0.15) is 17.6 Å². The molecular weight excluding hydrogens is 322 g/mol. The van der Waals surface area contributed by atoms with Crippen molar-refractivity contribution in [3.8, 4) is 17.4 Å². The lowest BCUT2D eigenvalue weighted by atomic mass is 10.2. The molecular formula is C18H21N3O4. The fourth-order valence-corrected chi connectivity index (χ4v) is 2.42. The Morgan fingerprint density at radius 1 is 1.32 bits per heavy atom. The van der Waals surface area contributed by atoms with E-state index in [4.69, 9.17) is 14.2 Å². The Bertz CT molecular complexity index is 700. The maximum Gasteiger partial charge on any atom is 0.250 e. The maximum atomic E-state index is 12.1. The van der Waals surface area contributed by atoms with Crippen molar-refractivity contribution in [2.24, 2.45) is 0 Å².